The minimum absolute atomic E-state index is 0.143. The van der Waals surface area contributed by atoms with Gasteiger partial charge in [0.2, 0.25) is 0 Å². The summed E-state index contributed by atoms with van der Waals surface area (Å²) in [5.41, 5.74) is 6.35. The van der Waals surface area contributed by atoms with Gasteiger partial charge in [0.1, 0.15) is 5.75 Å². The number of rotatable bonds is 3. The molecule has 2 unspecified atom stereocenters. The van der Waals surface area contributed by atoms with Crippen molar-refractivity contribution in [1.82, 2.24) is 0 Å². The third-order valence-corrected chi connectivity index (χ3v) is 3.93. The Morgan fingerprint density at radius 1 is 1.35 bits per heavy atom. The first-order valence-corrected chi connectivity index (χ1v) is 6.09. The van der Waals surface area contributed by atoms with Gasteiger partial charge in [0.05, 0.1) is 12.7 Å². The van der Waals surface area contributed by atoms with E-state index in [1.54, 1.807) is 7.11 Å². The van der Waals surface area contributed by atoms with Crippen molar-refractivity contribution >= 4 is 0 Å². The van der Waals surface area contributed by atoms with E-state index in [2.05, 4.69) is 6.07 Å². The van der Waals surface area contributed by atoms with Gasteiger partial charge in [-0.2, -0.15) is 0 Å². The van der Waals surface area contributed by atoms with Gasteiger partial charge in [-0.25, -0.2) is 0 Å². The van der Waals surface area contributed by atoms with E-state index < -0.39 is 5.60 Å². The highest BCUT2D eigenvalue weighted by Crippen LogP contribution is 2.48. The van der Waals surface area contributed by atoms with E-state index in [0.717, 1.165) is 24.2 Å². The van der Waals surface area contributed by atoms with Crippen molar-refractivity contribution < 1.29 is 9.84 Å². The molecular formula is C14H21NO2. The number of methoxy groups -OCH3 is 1. The van der Waals surface area contributed by atoms with Crippen LogP contribution >= 0.6 is 0 Å². The summed E-state index contributed by atoms with van der Waals surface area (Å²) in [7, 11) is 1.68. The summed E-state index contributed by atoms with van der Waals surface area (Å²) in [6.45, 7) is 2.43. The third-order valence-electron chi connectivity index (χ3n) is 3.93. The van der Waals surface area contributed by atoms with E-state index in [4.69, 9.17) is 10.5 Å². The Morgan fingerprint density at radius 3 is 2.59 bits per heavy atom. The fourth-order valence-corrected chi connectivity index (χ4v) is 3.01. The summed E-state index contributed by atoms with van der Waals surface area (Å²) in [5.74, 6) is 0.871. The van der Waals surface area contributed by atoms with Crippen LogP contribution in [0, 0.1) is 0 Å². The molecule has 0 spiro atoms. The van der Waals surface area contributed by atoms with Crippen molar-refractivity contribution in [2.24, 2.45) is 5.73 Å². The van der Waals surface area contributed by atoms with Crippen molar-refractivity contribution in [3.05, 3.63) is 29.8 Å². The maximum absolute atomic E-state index is 10.2. The highest BCUT2D eigenvalue weighted by molar-refractivity contribution is 5.41. The zero-order valence-corrected chi connectivity index (χ0v) is 10.6. The van der Waals surface area contributed by atoms with Crippen LogP contribution in [0.25, 0.3) is 0 Å². The number of aliphatic hydroxyl groups is 1. The van der Waals surface area contributed by atoms with E-state index >= 15 is 0 Å². The van der Waals surface area contributed by atoms with Gasteiger partial charge in [0.25, 0.3) is 0 Å². The molecule has 0 radical (unpaired) electrons. The van der Waals surface area contributed by atoms with E-state index in [-0.39, 0.29) is 5.41 Å². The number of benzene rings is 1. The first-order valence-electron chi connectivity index (χ1n) is 6.09. The smallest absolute Gasteiger partial charge is 0.122 e. The third kappa shape index (κ3) is 2.17. The summed E-state index contributed by atoms with van der Waals surface area (Å²) < 4.78 is 5.42. The molecule has 0 aromatic heterocycles. The molecule has 0 saturated heterocycles. The fourth-order valence-electron chi connectivity index (χ4n) is 3.01. The lowest BCUT2D eigenvalue weighted by atomic mass is 9.77. The molecule has 1 aliphatic carbocycles. The van der Waals surface area contributed by atoms with Crippen LogP contribution in [-0.2, 0) is 5.41 Å². The molecule has 0 bridgehead atoms. The predicted octanol–water partition coefficient (Wildman–Crippen LogP) is 1.83. The monoisotopic (exact) mass is 235 g/mol. The number of nitrogens with two attached hydrogens (primary N) is 1. The van der Waals surface area contributed by atoms with Crippen LogP contribution in [0.3, 0.4) is 0 Å². The number of hydrogen-bond donors (Lipinski definition) is 2. The van der Waals surface area contributed by atoms with E-state index in [1.165, 1.54) is 0 Å². The largest absolute Gasteiger partial charge is 0.496 e. The van der Waals surface area contributed by atoms with Gasteiger partial charge in [0.15, 0.2) is 0 Å². The summed E-state index contributed by atoms with van der Waals surface area (Å²) in [5, 5.41) is 10.2. The van der Waals surface area contributed by atoms with Crippen molar-refractivity contribution in [2.45, 2.75) is 37.2 Å². The molecule has 3 nitrogen and oxygen atoms in total. The number of para-hydroxylation sites is 1. The van der Waals surface area contributed by atoms with Gasteiger partial charge >= 0.3 is 0 Å². The Hall–Kier alpha value is -1.06. The molecule has 3 N–H and O–H groups in total. The molecule has 1 aromatic rings. The Bertz CT molecular complexity index is 403. The lowest BCUT2D eigenvalue weighted by Gasteiger charge is -2.31. The lowest BCUT2D eigenvalue weighted by molar-refractivity contribution is 0.0610. The highest BCUT2D eigenvalue weighted by Gasteiger charge is 2.46. The molecule has 1 fully saturated rings. The van der Waals surface area contributed by atoms with Gasteiger partial charge in [-0.3, -0.25) is 0 Å². The zero-order chi connectivity index (χ0) is 12.5. The average molecular weight is 235 g/mol. The van der Waals surface area contributed by atoms with Crippen LogP contribution in [0.15, 0.2) is 24.3 Å². The molecule has 2 atom stereocenters. The molecule has 2 rings (SSSR count). The van der Waals surface area contributed by atoms with Crippen molar-refractivity contribution in [3.63, 3.8) is 0 Å². The maximum atomic E-state index is 10.2. The van der Waals surface area contributed by atoms with E-state index in [9.17, 15) is 5.11 Å². The molecule has 17 heavy (non-hydrogen) atoms. The fraction of sp³-hybridized carbons (Fsp3) is 0.571. The van der Waals surface area contributed by atoms with Crippen LogP contribution in [0.5, 0.6) is 5.75 Å². The Morgan fingerprint density at radius 2 is 2.06 bits per heavy atom. The Balaban J connectivity index is 2.42. The quantitative estimate of drug-likeness (QED) is 0.840. The number of hydrogen-bond acceptors (Lipinski definition) is 3. The maximum Gasteiger partial charge on any atom is 0.122 e. The summed E-state index contributed by atoms with van der Waals surface area (Å²) >= 11 is 0. The van der Waals surface area contributed by atoms with Gasteiger partial charge in [-0.15, -0.1) is 0 Å². The Kier molecular flexibility index (Phi) is 3.15. The van der Waals surface area contributed by atoms with Crippen molar-refractivity contribution in [3.8, 4) is 5.75 Å². The molecule has 3 heteroatoms. The van der Waals surface area contributed by atoms with Crippen LogP contribution in [0.1, 0.15) is 31.7 Å². The zero-order valence-electron chi connectivity index (χ0n) is 10.6. The second-order valence-electron chi connectivity index (χ2n) is 5.36. The first kappa shape index (κ1) is 12.4. The molecule has 1 aromatic carbocycles. The van der Waals surface area contributed by atoms with Gasteiger partial charge < -0.3 is 15.6 Å². The summed E-state index contributed by atoms with van der Waals surface area (Å²) in [6.07, 6.45) is 2.41. The first-order chi connectivity index (χ1) is 8.03. The van der Waals surface area contributed by atoms with Crippen LogP contribution in [-0.4, -0.2) is 24.4 Å². The summed E-state index contributed by atoms with van der Waals surface area (Å²) in [6, 6.07) is 7.98. The molecule has 94 valence electrons. The second-order valence-corrected chi connectivity index (χ2v) is 5.36. The minimum Gasteiger partial charge on any atom is -0.496 e. The predicted molar refractivity (Wildman–Crippen MR) is 68.2 cm³/mol. The minimum atomic E-state index is -0.611. The normalized spacial score (nSPS) is 32.7. The molecule has 1 saturated carbocycles. The van der Waals surface area contributed by atoms with E-state index in [0.29, 0.717) is 13.0 Å². The topological polar surface area (TPSA) is 55.5 Å². The molecular weight excluding hydrogens is 214 g/mol. The van der Waals surface area contributed by atoms with Crippen molar-refractivity contribution in [1.29, 1.82) is 0 Å². The standard InChI is InChI=1S/C14H21NO2/c1-13(16)7-8-14(9-13,10-15)11-5-3-4-6-12(11)17-2/h3-6,16H,7-10,15H2,1-2H3. The average Bonchev–Trinajstić information content (AvgIpc) is 2.66. The van der Waals surface area contributed by atoms with Crippen molar-refractivity contribution in [2.75, 3.05) is 13.7 Å². The summed E-state index contributed by atoms with van der Waals surface area (Å²) in [4.78, 5) is 0. The van der Waals surface area contributed by atoms with Crippen LogP contribution in [0.4, 0.5) is 0 Å². The molecule has 0 aliphatic heterocycles. The van der Waals surface area contributed by atoms with Crippen LogP contribution < -0.4 is 10.5 Å². The van der Waals surface area contributed by atoms with E-state index in [1.807, 2.05) is 25.1 Å². The number of ether oxygens (including phenoxy) is 1. The molecule has 0 amide bonds. The van der Waals surface area contributed by atoms with Gasteiger partial charge in [0, 0.05) is 17.5 Å². The SMILES string of the molecule is COc1ccccc1C1(CN)CCC(C)(O)C1. The highest BCUT2D eigenvalue weighted by atomic mass is 16.5. The van der Waals surface area contributed by atoms with Crippen LogP contribution in [0.2, 0.25) is 0 Å². The molecule has 0 heterocycles. The molecule has 1 aliphatic rings. The lowest BCUT2D eigenvalue weighted by Crippen LogP contribution is -2.35. The van der Waals surface area contributed by atoms with Gasteiger partial charge in [-0.1, -0.05) is 18.2 Å². The second kappa shape index (κ2) is 4.31. The van der Waals surface area contributed by atoms with Gasteiger partial charge in [-0.05, 0) is 32.3 Å². The Labute approximate surface area is 103 Å².